The number of carbonyl (C=O) groups excluding carboxylic acids is 1. The molecule has 0 aliphatic carbocycles. The zero-order valence-electron chi connectivity index (χ0n) is 13.0. The molecule has 0 saturated carbocycles. The lowest BCUT2D eigenvalue weighted by molar-refractivity contribution is 0.00951. The topological polar surface area (TPSA) is 29.5 Å². The quantitative estimate of drug-likeness (QED) is 0.757. The molecule has 1 aromatic carbocycles. The summed E-state index contributed by atoms with van der Waals surface area (Å²) in [6.07, 6.45) is 3.05. The van der Waals surface area contributed by atoms with Gasteiger partial charge in [0.05, 0.1) is 6.04 Å². The molecule has 20 heavy (non-hydrogen) atoms. The number of amides is 1. The Morgan fingerprint density at radius 1 is 1.30 bits per heavy atom. The van der Waals surface area contributed by atoms with Crippen LogP contribution in [0.2, 0.25) is 0 Å². The Labute approximate surface area is 121 Å². The molecule has 0 aromatic heterocycles. The lowest BCUT2D eigenvalue weighted by atomic mass is 9.94. The first-order valence-corrected chi connectivity index (χ1v) is 7.43. The second-order valence-electron chi connectivity index (χ2n) is 6.60. The average molecular weight is 275 g/mol. The predicted octanol–water partition coefficient (Wildman–Crippen LogP) is 4.46. The van der Waals surface area contributed by atoms with E-state index in [0.717, 1.165) is 25.8 Å². The first-order valence-electron chi connectivity index (χ1n) is 7.43. The fourth-order valence-electron chi connectivity index (χ4n) is 2.69. The number of rotatable bonds is 1. The SMILES string of the molecule is Cc1cccc(C2CCCCN2C(=O)OC(C)(C)C)c1. The van der Waals surface area contributed by atoms with Gasteiger partial charge in [0.2, 0.25) is 0 Å². The number of likely N-dealkylation sites (tertiary alicyclic amines) is 1. The Kier molecular flexibility index (Phi) is 4.36. The van der Waals surface area contributed by atoms with Crippen LogP contribution in [0.25, 0.3) is 0 Å². The maximum absolute atomic E-state index is 12.4. The van der Waals surface area contributed by atoms with E-state index in [2.05, 4.69) is 31.2 Å². The Bertz CT molecular complexity index is 476. The Morgan fingerprint density at radius 2 is 2.05 bits per heavy atom. The van der Waals surface area contributed by atoms with Crippen molar-refractivity contribution in [2.45, 2.75) is 58.6 Å². The van der Waals surface area contributed by atoms with Gasteiger partial charge in [0.15, 0.2) is 0 Å². The summed E-state index contributed by atoms with van der Waals surface area (Å²) in [6, 6.07) is 8.59. The van der Waals surface area contributed by atoms with Gasteiger partial charge in [0, 0.05) is 6.54 Å². The molecule has 1 amide bonds. The van der Waals surface area contributed by atoms with Gasteiger partial charge in [-0.05, 0) is 52.5 Å². The average Bonchev–Trinajstić information content (AvgIpc) is 2.37. The van der Waals surface area contributed by atoms with Crippen LogP contribution in [0.15, 0.2) is 24.3 Å². The van der Waals surface area contributed by atoms with E-state index in [1.807, 2.05) is 25.7 Å². The van der Waals surface area contributed by atoms with Gasteiger partial charge in [-0.2, -0.15) is 0 Å². The lowest BCUT2D eigenvalue weighted by Crippen LogP contribution is -2.41. The van der Waals surface area contributed by atoms with Crippen molar-refractivity contribution >= 4 is 6.09 Å². The van der Waals surface area contributed by atoms with E-state index >= 15 is 0 Å². The van der Waals surface area contributed by atoms with Gasteiger partial charge < -0.3 is 9.64 Å². The number of benzene rings is 1. The minimum absolute atomic E-state index is 0.151. The van der Waals surface area contributed by atoms with Crippen LogP contribution in [0.3, 0.4) is 0 Å². The molecule has 1 aliphatic heterocycles. The molecule has 1 atom stereocenters. The summed E-state index contributed by atoms with van der Waals surface area (Å²) >= 11 is 0. The second kappa shape index (κ2) is 5.86. The van der Waals surface area contributed by atoms with E-state index in [9.17, 15) is 4.79 Å². The summed E-state index contributed by atoms with van der Waals surface area (Å²) in [5.41, 5.74) is 2.01. The van der Waals surface area contributed by atoms with E-state index in [0.29, 0.717) is 0 Å². The van der Waals surface area contributed by atoms with Gasteiger partial charge in [0.1, 0.15) is 5.60 Å². The highest BCUT2D eigenvalue weighted by molar-refractivity contribution is 5.69. The van der Waals surface area contributed by atoms with Gasteiger partial charge in [0.25, 0.3) is 0 Å². The maximum Gasteiger partial charge on any atom is 0.410 e. The van der Waals surface area contributed by atoms with Crippen LogP contribution in [0.1, 0.15) is 57.2 Å². The normalized spacial score (nSPS) is 19.8. The van der Waals surface area contributed by atoms with E-state index in [4.69, 9.17) is 4.74 Å². The molecule has 1 heterocycles. The highest BCUT2D eigenvalue weighted by Gasteiger charge is 2.31. The van der Waals surface area contributed by atoms with Crippen molar-refractivity contribution in [2.24, 2.45) is 0 Å². The monoisotopic (exact) mass is 275 g/mol. The molecule has 1 aliphatic rings. The van der Waals surface area contributed by atoms with E-state index < -0.39 is 5.60 Å². The van der Waals surface area contributed by atoms with Crippen molar-refractivity contribution in [1.29, 1.82) is 0 Å². The van der Waals surface area contributed by atoms with Crippen LogP contribution in [-0.2, 0) is 4.74 Å². The van der Waals surface area contributed by atoms with Crippen LogP contribution < -0.4 is 0 Å². The third-order valence-corrected chi connectivity index (χ3v) is 3.56. The summed E-state index contributed by atoms with van der Waals surface area (Å²) in [7, 11) is 0. The van der Waals surface area contributed by atoms with Crippen molar-refractivity contribution < 1.29 is 9.53 Å². The zero-order chi connectivity index (χ0) is 14.8. The van der Waals surface area contributed by atoms with Crippen LogP contribution in [-0.4, -0.2) is 23.1 Å². The summed E-state index contributed by atoms with van der Waals surface area (Å²) < 4.78 is 5.55. The molecule has 1 fully saturated rings. The minimum Gasteiger partial charge on any atom is -0.444 e. The second-order valence-corrected chi connectivity index (χ2v) is 6.60. The van der Waals surface area contributed by atoms with Crippen molar-refractivity contribution in [2.75, 3.05) is 6.54 Å². The molecule has 0 N–H and O–H groups in total. The molecular formula is C17H25NO2. The van der Waals surface area contributed by atoms with Crippen LogP contribution in [0, 0.1) is 6.92 Å². The first-order chi connectivity index (χ1) is 9.37. The lowest BCUT2D eigenvalue weighted by Gasteiger charge is -2.37. The van der Waals surface area contributed by atoms with Gasteiger partial charge in [-0.1, -0.05) is 29.8 Å². The maximum atomic E-state index is 12.4. The fraction of sp³-hybridized carbons (Fsp3) is 0.588. The molecule has 0 radical (unpaired) electrons. The molecule has 3 nitrogen and oxygen atoms in total. The summed E-state index contributed by atoms with van der Waals surface area (Å²) in [5.74, 6) is 0. The van der Waals surface area contributed by atoms with Gasteiger partial charge >= 0.3 is 6.09 Å². The van der Waals surface area contributed by atoms with Crippen molar-refractivity contribution in [3.8, 4) is 0 Å². The Morgan fingerprint density at radius 3 is 2.70 bits per heavy atom. The van der Waals surface area contributed by atoms with Gasteiger partial charge in [-0.15, -0.1) is 0 Å². The molecule has 1 aromatic rings. The highest BCUT2D eigenvalue weighted by Crippen LogP contribution is 2.32. The summed E-state index contributed by atoms with van der Waals surface area (Å²) in [5, 5.41) is 0. The number of ether oxygens (including phenoxy) is 1. The van der Waals surface area contributed by atoms with Crippen LogP contribution in [0.4, 0.5) is 4.79 Å². The Balaban J connectivity index is 2.19. The minimum atomic E-state index is -0.439. The number of carbonyl (C=O) groups is 1. The van der Waals surface area contributed by atoms with E-state index in [1.54, 1.807) is 0 Å². The largest absolute Gasteiger partial charge is 0.444 e. The van der Waals surface area contributed by atoms with Crippen molar-refractivity contribution in [3.63, 3.8) is 0 Å². The number of aryl methyl sites for hydroxylation is 1. The standard InChI is InChI=1S/C17H25NO2/c1-13-8-7-9-14(12-13)15-10-5-6-11-18(15)16(19)20-17(2,3)4/h7-9,12,15H,5-6,10-11H2,1-4H3. The summed E-state index contributed by atoms with van der Waals surface area (Å²) in [4.78, 5) is 14.3. The van der Waals surface area contributed by atoms with Crippen LogP contribution >= 0.6 is 0 Å². The van der Waals surface area contributed by atoms with Gasteiger partial charge in [-0.3, -0.25) is 0 Å². The number of hydrogen-bond acceptors (Lipinski definition) is 2. The predicted molar refractivity (Wildman–Crippen MR) is 80.7 cm³/mol. The molecule has 0 bridgehead atoms. The first kappa shape index (κ1) is 14.9. The molecule has 1 saturated heterocycles. The van der Waals surface area contributed by atoms with Crippen LogP contribution in [0.5, 0.6) is 0 Å². The molecule has 110 valence electrons. The molecule has 1 unspecified atom stereocenters. The molecule has 3 heteroatoms. The van der Waals surface area contributed by atoms with Crippen molar-refractivity contribution in [1.82, 2.24) is 4.90 Å². The smallest absolute Gasteiger partial charge is 0.410 e. The van der Waals surface area contributed by atoms with E-state index in [1.165, 1.54) is 11.1 Å². The number of hydrogen-bond donors (Lipinski definition) is 0. The van der Waals surface area contributed by atoms with Gasteiger partial charge in [-0.25, -0.2) is 4.79 Å². The number of piperidine rings is 1. The zero-order valence-corrected chi connectivity index (χ0v) is 13.0. The summed E-state index contributed by atoms with van der Waals surface area (Å²) in [6.45, 7) is 8.61. The highest BCUT2D eigenvalue weighted by atomic mass is 16.6. The van der Waals surface area contributed by atoms with E-state index in [-0.39, 0.29) is 12.1 Å². The third-order valence-electron chi connectivity index (χ3n) is 3.56. The van der Waals surface area contributed by atoms with Crippen molar-refractivity contribution in [3.05, 3.63) is 35.4 Å². The fourth-order valence-corrected chi connectivity index (χ4v) is 2.69. The molecular weight excluding hydrogens is 250 g/mol. The number of nitrogens with zero attached hydrogens (tertiary/aromatic N) is 1. The molecule has 0 spiro atoms. The third kappa shape index (κ3) is 3.75. The molecule has 2 rings (SSSR count). The Hall–Kier alpha value is -1.51.